The van der Waals surface area contributed by atoms with Crippen LogP contribution in [0.4, 0.5) is 4.79 Å². The highest BCUT2D eigenvalue weighted by atomic mass is 16.4. The summed E-state index contributed by atoms with van der Waals surface area (Å²) in [5.41, 5.74) is 1.67. The zero-order valence-electron chi connectivity index (χ0n) is 7.69. The fourth-order valence-corrected chi connectivity index (χ4v) is 0.998. The minimum atomic E-state index is -0.941. The Morgan fingerprint density at radius 2 is 2.31 bits per heavy atom. The minimum Gasteiger partial charge on any atom is -0.465 e. The van der Waals surface area contributed by atoms with E-state index < -0.39 is 6.09 Å². The van der Waals surface area contributed by atoms with E-state index in [2.05, 4.69) is 4.98 Å². The topological polar surface area (TPSA) is 53.4 Å². The highest BCUT2D eigenvalue weighted by Gasteiger charge is 2.06. The summed E-state index contributed by atoms with van der Waals surface area (Å²) in [6.45, 7) is 2.21. The quantitative estimate of drug-likeness (QED) is 0.750. The predicted octanol–water partition coefficient (Wildman–Crippen LogP) is 1.50. The SMILES string of the molecule is Cc1cccc(CN(C)C(=O)O)n1. The molecule has 0 spiro atoms. The minimum absolute atomic E-state index is 0.330. The van der Waals surface area contributed by atoms with Crippen molar-refractivity contribution in [1.29, 1.82) is 0 Å². The summed E-state index contributed by atoms with van der Waals surface area (Å²) in [7, 11) is 1.52. The number of aryl methyl sites for hydroxylation is 1. The second-order valence-corrected chi connectivity index (χ2v) is 2.91. The van der Waals surface area contributed by atoms with Gasteiger partial charge in [0.2, 0.25) is 0 Å². The molecule has 4 nitrogen and oxygen atoms in total. The van der Waals surface area contributed by atoms with Gasteiger partial charge in [-0.25, -0.2) is 4.79 Å². The average molecular weight is 180 g/mol. The van der Waals surface area contributed by atoms with Gasteiger partial charge >= 0.3 is 6.09 Å². The van der Waals surface area contributed by atoms with Crippen LogP contribution >= 0.6 is 0 Å². The number of aromatic nitrogens is 1. The highest BCUT2D eigenvalue weighted by molar-refractivity contribution is 5.64. The van der Waals surface area contributed by atoms with Crippen molar-refractivity contribution in [2.24, 2.45) is 0 Å². The first-order valence-electron chi connectivity index (χ1n) is 3.96. The van der Waals surface area contributed by atoms with Crippen LogP contribution in [-0.4, -0.2) is 28.1 Å². The second-order valence-electron chi connectivity index (χ2n) is 2.91. The number of hydrogen-bond donors (Lipinski definition) is 1. The smallest absolute Gasteiger partial charge is 0.407 e. The van der Waals surface area contributed by atoms with Gasteiger partial charge in [0.1, 0.15) is 0 Å². The molecule has 1 heterocycles. The Hall–Kier alpha value is -1.58. The van der Waals surface area contributed by atoms with Gasteiger partial charge in [0, 0.05) is 12.7 Å². The van der Waals surface area contributed by atoms with E-state index >= 15 is 0 Å². The Balaban J connectivity index is 2.69. The maximum atomic E-state index is 10.5. The summed E-state index contributed by atoms with van der Waals surface area (Å²) in [4.78, 5) is 15.9. The third-order valence-corrected chi connectivity index (χ3v) is 1.67. The van der Waals surface area contributed by atoms with E-state index in [9.17, 15) is 4.79 Å². The molecule has 0 unspecified atom stereocenters. The summed E-state index contributed by atoms with van der Waals surface area (Å²) in [5, 5.41) is 8.61. The molecule has 13 heavy (non-hydrogen) atoms. The number of amides is 1. The van der Waals surface area contributed by atoms with Gasteiger partial charge in [-0.2, -0.15) is 0 Å². The Bertz CT molecular complexity index is 312. The summed E-state index contributed by atoms with van der Waals surface area (Å²) in [6, 6.07) is 5.56. The molecule has 0 atom stereocenters. The van der Waals surface area contributed by atoms with E-state index in [0.29, 0.717) is 6.54 Å². The van der Waals surface area contributed by atoms with Gasteiger partial charge in [-0.05, 0) is 19.1 Å². The number of pyridine rings is 1. The van der Waals surface area contributed by atoms with Crippen molar-refractivity contribution in [3.05, 3.63) is 29.6 Å². The van der Waals surface area contributed by atoms with E-state index in [1.807, 2.05) is 25.1 Å². The molecule has 1 amide bonds. The molecule has 0 fully saturated rings. The molecule has 0 radical (unpaired) electrons. The number of carboxylic acid groups (broad SMARTS) is 1. The molecule has 1 N–H and O–H groups in total. The first-order valence-corrected chi connectivity index (χ1v) is 3.96. The third-order valence-electron chi connectivity index (χ3n) is 1.67. The number of nitrogens with zero attached hydrogens (tertiary/aromatic N) is 2. The molecule has 0 aliphatic rings. The molecule has 1 aromatic heterocycles. The van der Waals surface area contributed by atoms with E-state index in [4.69, 9.17) is 5.11 Å². The van der Waals surface area contributed by atoms with Crippen LogP contribution in [-0.2, 0) is 6.54 Å². The molecular weight excluding hydrogens is 168 g/mol. The monoisotopic (exact) mass is 180 g/mol. The first kappa shape index (κ1) is 9.51. The van der Waals surface area contributed by atoms with Crippen molar-refractivity contribution < 1.29 is 9.90 Å². The van der Waals surface area contributed by atoms with Gasteiger partial charge in [-0.15, -0.1) is 0 Å². The standard InChI is InChI=1S/C9H12N2O2/c1-7-4-3-5-8(10-7)6-11(2)9(12)13/h3-5H,6H2,1-2H3,(H,12,13). The Morgan fingerprint density at radius 3 is 2.85 bits per heavy atom. The van der Waals surface area contributed by atoms with Crippen LogP contribution < -0.4 is 0 Å². The van der Waals surface area contributed by atoms with Gasteiger partial charge in [0.15, 0.2) is 0 Å². The van der Waals surface area contributed by atoms with Gasteiger partial charge in [0.25, 0.3) is 0 Å². The van der Waals surface area contributed by atoms with Crippen molar-refractivity contribution >= 4 is 6.09 Å². The molecule has 0 saturated carbocycles. The molecule has 1 aromatic rings. The van der Waals surface area contributed by atoms with E-state index in [1.165, 1.54) is 11.9 Å². The van der Waals surface area contributed by atoms with Crippen molar-refractivity contribution in [2.45, 2.75) is 13.5 Å². The second kappa shape index (κ2) is 3.89. The molecular formula is C9H12N2O2. The lowest BCUT2D eigenvalue weighted by atomic mass is 10.3. The van der Waals surface area contributed by atoms with Crippen molar-refractivity contribution in [3.8, 4) is 0 Å². The fourth-order valence-electron chi connectivity index (χ4n) is 0.998. The van der Waals surface area contributed by atoms with Crippen LogP contribution in [0, 0.1) is 6.92 Å². The summed E-state index contributed by atoms with van der Waals surface area (Å²) >= 11 is 0. The van der Waals surface area contributed by atoms with E-state index in [-0.39, 0.29) is 0 Å². The molecule has 0 aromatic carbocycles. The maximum Gasteiger partial charge on any atom is 0.407 e. The average Bonchev–Trinajstić information content (AvgIpc) is 2.04. The van der Waals surface area contributed by atoms with Crippen LogP contribution in [0.25, 0.3) is 0 Å². The lowest BCUT2D eigenvalue weighted by Gasteiger charge is -2.11. The van der Waals surface area contributed by atoms with Crippen molar-refractivity contribution in [1.82, 2.24) is 9.88 Å². The van der Waals surface area contributed by atoms with E-state index in [0.717, 1.165) is 11.4 Å². The molecule has 70 valence electrons. The summed E-state index contributed by atoms with van der Waals surface area (Å²) in [6.07, 6.45) is -0.941. The molecule has 0 aliphatic heterocycles. The first-order chi connectivity index (χ1) is 6.09. The zero-order valence-corrected chi connectivity index (χ0v) is 7.69. The maximum absolute atomic E-state index is 10.5. The molecule has 0 saturated heterocycles. The fraction of sp³-hybridized carbons (Fsp3) is 0.333. The van der Waals surface area contributed by atoms with Crippen molar-refractivity contribution in [3.63, 3.8) is 0 Å². The van der Waals surface area contributed by atoms with Gasteiger partial charge in [-0.1, -0.05) is 6.07 Å². The third kappa shape index (κ3) is 2.74. The Labute approximate surface area is 76.8 Å². The molecule has 4 heteroatoms. The van der Waals surface area contributed by atoms with Crippen LogP contribution in [0.2, 0.25) is 0 Å². The number of carbonyl (C=O) groups is 1. The van der Waals surface area contributed by atoms with Crippen molar-refractivity contribution in [2.75, 3.05) is 7.05 Å². The summed E-state index contributed by atoms with van der Waals surface area (Å²) < 4.78 is 0. The van der Waals surface area contributed by atoms with Gasteiger partial charge in [0.05, 0.1) is 12.2 Å². The Morgan fingerprint density at radius 1 is 1.62 bits per heavy atom. The lowest BCUT2D eigenvalue weighted by Crippen LogP contribution is -2.24. The molecule has 0 bridgehead atoms. The lowest BCUT2D eigenvalue weighted by molar-refractivity contribution is 0.153. The predicted molar refractivity (Wildman–Crippen MR) is 48.5 cm³/mol. The van der Waals surface area contributed by atoms with Crippen LogP contribution in [0.3, 0.4) is 0 Å². The van der Waals surface area contributed by atoms with Gasteiger partial charge in [-0.3, -0.25) is 4.98 Å². The molecule has 1 rings (SSSR count). The largest absolute Gasteiger partial charge is 0.465 e. The zero-order chi connectivity index (χ0) is 9.84. The summed E-state index contributed by atoms with van der Waals surface area (Å²) in [5.74, 6) is 0. The number of rotatable bonds is 2. The van der Waals surface area contributed by atoms with Crippen LogP contribution in [0.15, 0.2) is 18.2 Å². The van der Waals surface area contributed by atoms with Gasteiger partial charge < -0.3 is 10.0 Å². The highest BCUT2D eigenvalue weighted by Crippen LogP contribution is 2.01. The van der Waals surface area contributed by atoms with Crippen LogP contribution in [0.1, 0.15) is 11.4 Å². The van der Waals surface area contributed by atoms with E-state index in [1.54, 1.807) is 0 Å². The van der Waals surface area contributed by atoms with Crippen LogP contribution in [0.5, 0.6) is 0 Å². The molecule has 0 aliphatic carbocycles. The Kier molecular flexibility index (Phi) is 2.84. The number of hydrogen-bond acceptors (Lipinski definition) is 2. The normalized spacial score (nSPS) is 9.69.